The first-order chi connectivity index (χ1) is 11.5. The number of carboxylic acids is 1. The van der Waals surface area contributed by atoms with Crippen LogP contribution < -0.4 is 0 Å². The average molecular weight is 351 g/mol. The number of aliphatic hydroxyl groups excluding tert-OH is 1. The number of carbonyl (C=O) groups is 1. The molecule has 1 aromatic carbocycles. The largest absolute Gasteiger partial charge is 0.481 e. The zero-order chi connectivity index (χ0) is 17.2. The van der Waals surface area contributed by atoms with E-state index in [4.69, 9.17) is 16.7 Å². The van der Waals surface area contributed by atoms with Gasteiger partial charge < -0.3 is 14.7 Å². The molecule has 0 aromatic heterocycles. The molecule has 0 radical (unpaired) electrons. The fourth-order valence-corrected chi connectivity index (χ4v) is 4.35. The van der Waals surface area contributed by atoms with Crippen molar-refractivity contribution in [2.24, 2.45) is 5.92 Å². The van der Waals surface area contributed by atoms with Gasteiger partial charge in [-0.3, -0.25) is 4.79 Å². The van der Waals surface area contributed by atoms with Crippen LogP contribution in [0.25, 0.3) is 0 Å². The topological polar surface area (TPSA) is 57.5 Å². The quantitative estimate of drug-likeness (QED) is 0.612. The number of carboxylic acid groups (broad SMARTS) is 1. The average Bonchev–Trinajstić information content (AvgIpc) is 2.54. The van der Waals surface area contributed by atoms with Gasteiger partial charge in [0.1, 0.15) is 19.2 Å². The van der Waals surface area contributed by atoms with Crippen molar-refractivity contribution in [1.82, 2.24) is 0 Å². The summed E-state index contributed by atoms with van der Waals surface area (Å²) < 4.78 is 0.845. The molecule has 130 valence electrons. The molecule has 0 aliphatic carbocycles. The lowest BCUT2D eigenvalue weighted by atomic mass is 9.80. The second-order valence-electron chi connectivity index (χ2n) is 7.27. The lowest BCUT2D eigenvalue weighted by Crippen LogP contribution is -2.61. The standard InChI is InChI=1S/C19H24ClNO3/c20-17-5-2-14(3-6-17)1-4-16-12-21(9-7-15(16)8-10-21)13-18(22)11-19(23)24/h2-6,15,18,22H,1,7-13H2/p+1/b16-4+. The van der Waals surface area contributed by atoms with Crippen molar-refractivity contribution in [2.45, 2.75) is 31.8 Å². The summed E-state index contributed by atoms with van der Waals surface area (Å²) >= 11 is 5.93. The number of aliphatic carboxylic acids is 1. The Hall–Kier alpha value is -1.36. The van der Waals surface area contributed by atoms with Gasteiger partial charge in [-0.05, 0) is 35.6 Å². The van der Waals surface area contributed by atoms with Crippen LogP contribution in [0, 0.1) is 5.92 Å². The number of aliphatic hydroxyl groups is 1. The first-order valence-electron chi connectivity index (χ1n) is 8.64. The minimum absolute atomic E-state index is 0.159. The number of allylic oxidation sites excluding steroid dienone is 1. The van der Waals surface area contributed by atoms with Gasteiger partial charge in [0.15, 0.2) is 0 Å². The van der Waals surface area contributed by atoms with Crippen molar-refractivity contribution in [1.29, 1.82) is 0 Å². The summed E-state index contributed by atoms with van der Waals surface area (Å²) in [5.41, 5.74) is 2.73. The summed E-state index contributed by atoms with van der Waals surface area (Å²) in [5.74, 6) is -0.264. The van der Waals surface area contributed by atoms with Gasteiger partial charge in [0.05, 0.1) is 19.5 Å². The molecular formula is C19H25ClNO3+. The molecule has 3 aliphatic heterocycles. The first-order valence-corrected chi connectivity index (χ1v) is 9.02. The fraction of sp³-hybridized carbons (Fsp3) is 0.526. The van der Waals surface area contributed by atoms with Crippen LogP contribution in [-0.4, -0.2) is 52.9 Å². The molecule has 3 aliphatic rings. The number of rotatable bonds is 6. The Morgan fingerprint density at radius 2 is 1.96 bits per heavy atom. The number of fused-ring (bicyclic) bond motifs is 3. The molecule has 0 saturated carbocycles. The van der Waals surface area contributed by atoms with Crippen molar-refractivity contribution in [3.8, 4) is 0 Å². The molecule has 1 unspecified atom stereocenters. The molecule has 4 nitrogen and oxygen atoms in total. The molecule has 3 saturated heterocycles. The number of hydrogen-bond donors (Lipinski definition) is 2. The molecular weight excluding hydrogens is 326 g/mol. The Kier molecular flexibility index (Phi) is 5.28. The van der Waals surface area contributed by atoms with Gasteiger partial charge in [-0.25, -0.2) is 0 Å². The smallest absolute Gasteiger partial charge is 0.306 e. The van der Waals surface area contributed by atoms with E-state index in [0.717, 1.165) is 48.4 Å². The molecule has 3 fully saturated rings. The summed E-state index contributed by atoms with van der Waals surface area (Å²) in [6, 6.07) is 7.95. The van der Waals surface area contributed by atoms with Crippen LogP contribution in [0.15, 0.2) is 35.9 Å². The van der Waals surface area contributed by atoms with E-state index in [1.807, 2.05) is 12.1 Å². The molecule has 1 atom stereocenters. The van der Waals surface area contributed by atoms with Crippen LogP contribution >= 0.6 is 11.6 Å². The van der Waals surface area contributed by atoms with Gasteiger partial charge in [0.2, 0.25) is 0 Å². The van der Waals surface area contributed by atoms with E-state index in [0.29, 0.717) is 12.5 Å². The predicted octanol–water partition coefficient (Wildman–Crippen LogP) is 2.88. The molecule has 5 heteroatoms. The summed E-state index contributed by atoms with van der Waals surface area (Å²) in [7, 11) is 0. The number of hydrogen-bond acceptors (Lipinski definition) is 2. The van der Waals surface area contributed by atoms with Crippen molar-refractivity contribution < 1.29 is 19.5 Å². The number of benzene rings is 1. The van der Waals surface area contributed by atoms with Crippen molar-refractivity contribution in [2.75, 3.05) is 26.2 Å². The second kappa shape index (κ2) is 7.26. The Morgan fingerprint density at radius 1 is 1.29 bits per heavy atom. The van der Waals surface area contributed by atoms with Crippen molar-refractivity contribution >= 4 is 17.6 Å². The number of quaternary nitrogens is 1. The normalized spacial score (nSPS) is 28.9. The molecule has 3 heterocycles. The van der Waals surface area contributed by atoms with E-state index in [9.17, 15) is 9.90 Å². The Morgan fingerprint density at radius 3 is 2.58 bits per heavy atom. The summed E-state index contributed by atoms with van der Waals surface area (Å²) in [6.45, 7) is 3.62. The lowest BCUT2D eigenvalue weighted by Gasteiger charge is -2.51. The lowest BCUT2D eigenvalue weighted by molar-refractivity contribution is -0.938. The van der Waals surface area contributed by atoms with Crippen LogP contribution in [0.2, 0.25) is 5.02 Å². The molecule has 1 aromatic rings. The highest BCUT2D eigenvalue weighted by Gasteiger charge is 2.43. The van der Waals surface area contributed by atoms with Gasteiger partial charge in [-0.1, -0.05) is 29.8 Å². The van der Waals surface area contributed by atoms with Gasteiger partial charge in [0.25, 0.3) is 0 Å². The van der Waals surface area contributed by atoms with Crippen LogP contribution in [0.1, 0.15) is 24.8 Å². The van der Waals surface area contributed by atoms with Gasteiger partial charge >= 0.3 is 5.97 Å². The van der Waals surface area contributed by atoms with E-state index in [-0.39, 0.29) is 6.42 Å². The van der Waals surface area contributed by atoms with Crippen LogP contribution in [0.4, 0.5) is 0 Å². The molecule has 24 heavy (non-hydrogen) atoms. The van der Waals surface area contributed by atoms with E-state index in [2.05, 4.69) is 18.2 Å². The molecule has 0 amide bonds. The Bertz CT molecular complexity index is 618. The van der Waals surface area contributed by atoms with Gasteiger partial charge in [-0.15, -0.1) is 0 Å². The van der Waals surface area contributed by atoms with Crippen LogP contribution in [0.5, 0.6) is 0 Å². The van der Waals surface area contributed by atoms with Gasteiger partial charge in [0, 0.05) is 17.9 Å². The molecule has 0 spiro atoms. The summed E-state index contributed by atoms with van der Waals surface area (Å²) in [6.07, 6.45) is 4.62. The van der Waals surface area contributed by atoms with Crippen LogP contribution in [0.3, 0.4) is 0 Å². The highest BCUT2D eigenvalue weighted by Crippen LogP contribution is 2.38. The maximum atomic E-state index is 10.8. The van der Waals surface area contributed by atoms with E-state index < -0.39 is 12.1 Å². The maximum absolute atomic E-state index is 10.8. The monoisotopic (exact) mass is 350 g/mol. The summed E-state index contributed by atoms with van der Waals surface area (Å²) in [5, 5.41) is 19.7. The zero-order valence-corrected chi connectivity index (χ0v) is 14.6. The van der Waals surface area contributed by atoms with E-state index in [1.165, 1.54) is 11.1 Å². The molecule has 4 rings (SSSR count). The third-order valence-electron chi connectivity index (χ3n) is 5.47. The van der Waals surface area contributed by atoms with Crippen molar-refractivity contribution in [3.05, 3.63) is 46.5 Å². The number of nitrogens with zero attached hydrogens (tertiary/aromatic N) is 1. The zero-order valence-electron chi connectivity index (χ0n) is 13.8. The second-order valence-corrected chi connectivity index (χ2v) is 7.70. The van der Waals surface area contributed by atoms with Gasteiger partial charge in [-0.2, -0.15) is 0 Å². The predicted molar refractivity (Wildman–Crippen MR) is 94.0 cm³/mol. The summed E-state index contributed by atoms with van der Waals surface area (Å²) in [4.78, 5) is 10.8. The minimum atomic E-state index is -0.925. The van der Waals surface area contributed by atoms with E-state index in [1.54, 1.807) is 0 Å². The Labute approximate surface area is 147 Å². The highest BCUT2D eigenvalue weighted by atomic mass is 35.5. The first kappa shape index (κ1) is 17.5. The number of piperidine rings is 3. The SMILES string of the molecule is O=C(O)CC(O)C[N+]12CCC(CC1)/C(=C/Cc1ccc(Cl)cc1)C2. The van der Waals surface area contributed by atoms with E-state index >= 15 is 0 Å². The highest BCUT2D eigenvalue weighted by molar-refractivity contribution is 6.30. The third kappa shape index (κ3) is 4.18. The maximum Gasteiger partial charge on any atom is 0.306 e. The third-order valence-corrected chi connectivity index (χ3v) is 5.72. The number of halogens is 1. The fourth-order valence-electron chi connectivity index (χ4n) is 4.22. The molecule has 2 N–H and O–H groups in total. The van der Waals surface area contributed by atoms with Crippen molar-refractivity contribution in [3.63, 3.8) is 0 Å². The Balaban J connectivity index is 1.66. The molecule has 2 bridgehead atoms. The van der Waals surface area contributed by atoms with Crippen LogP contribution in [-0.2, 0) is 11.2 Å². The minimum Gasteiger partial charge on any atom is -0.481 e.